The molecule has 0 radical (unpaired) electrons. The van der Waals surface area contributed by atoms with Gasteiger partial charge in [0.05, 0.1) is 12.7 Å². The zero-order chi connectivity index (χ0) is 25.2. The highest BCUT2D eigenvalue weighted by molar-refractivity contribution is 5.95. The summed E-state index contributed by atoms with van der Waals surface area (Å²) in [5.74, 6) is -1.15. The van der Waals surface area contributed by atoms with Crippen LogP contribution in [-0.4, -0.2) is 71.9 Å². The first kappa shape index (κ1) is 25.5. The molecular weight excluding hydrogens is 457 g/mol. The number of β-amino-alcohol motifs (C(OH)–C–C–N with tert-alkyl or cyclic N) is 1. The SMILES string of the molecule is CC(C)(F)CN1CCC(COc2ccc(-c3ccc(C(=O)N4CC[C@@H](O)C4)cc3F)cc2F)CC1. The van der Waals surface area contributed by atoms with Gasteiger partial charge in [0.15, 0.2) is 11.6 Å². The maximum absolute atomic E-state index is 14.8. The van der Waals surface area contributed by atoms with Gasteiger partial charge in [-0.15, -0.1) is 0 Å². The Kier molecular flexibility index (Phi) is 7.71. The first-order chi connectivity index (χ1) is 16.6. The van der Waals surface area contributed by atoms with Crippen LogP contribution in [0, 0.1) is 17.6 Å². The van der Waals surface area contributed by atoms with Crippen LogP contribution in [0.5, 0.6) is 5.75 Å². The lowest BCUT2D eigenvalue weighted by molar-refractivity contribution is 0.0764. The van der Waals surface area contributed by atoms with Crippen molar-refractivity contribution in [2.45, 2.75) is 44.9 Å². The largest absolute Gasteiger partial charge is 0.490 e. The van der Waals surface area contributed by atoms with Crippen LogP contribution in [0.4, 0.5) is 13.2 Å². The summed E-state index contributed by atoms with van der Waals surface area (Å²) in [5, 5.41) is 9.62. The summed E-state index contributed by atoms with van der Waals surface area (Å²) in [5.41, 5.74) is -0.482. The number of aliphatic hydroxyl groups is 1. The van der Waals surface area contributed by atoms with E-state index in [1.54, 1.807) is 19.9 Å². The third-order valence-electron chi connectivity index (χ3n) is 6.69. The van der Waals surface area contributed by atoms with E-state index >= 15 is 0 Å². The van der Waals surface area contributed by atoms with Crippen LogP contribution in [0.15, 0.2) is 36.4 Å². The second kappa shape index (κ2) is 10.6. The minimum atomic E-state index is -1.22. The van der Waals surface area contributed by atoms with Crippen molar-refractivity contribution in [3.8, 4) is 16.9 Å². The van der Waals surface area contributed by atoms with Crippen molar-refractivity contribution in [1.82, 2.24) is 9.80 Å². The first-order valence-corrected chi connectivity index (χ1v) is 12.2. The molecule has 2 heterocycles. The zero-order valence-corrected chi connectivity index (χ0v) is 20.3. The normalized spacial score (nSPS) is 19.8. The molecule has 8 heteroatoms. The summed E-state index contributed by atoms with van der Waals surface area (Å²) in [6.45, 7) is 6.19. The van der Waals surface area contributed by atoms with E-state index in [0.29, 0.717) is 31.7 Å². The van der Waals surface area contributed by atoms with E-state index in [4.69, 9.17) is 4.74 Å². The average Bonchev–Trinajstić information content (AvgIpc) is 3.24. The van der Waals surface area contributed by atoms with Crippen LogP contribution in [0.25, 0.3) is 11.1 Å². The standard InChI is InChI=1S/C27H33F3N2O3/c1-27(2,30)17-31-10-7-18(8-11-31)16-35-25-6-4-19(13-24(25)29)22-5-3-20(14-23(22)28)26(34)32-12-9-21(33)15-32/h3-6,13-14,18,21,33H,7-12,15-17H2,1-2H3/t21-/m1/s1. The molecule has 1 amide bonds. The predicted molar refractivity (Wildman–Crippen MR) is 128 cm³/mol. The van der Waals surface area contributed by atoms with Gasteiger partial charge in [-0.05, 0) is 81.9 Å². The van der Waals surface area contributed by atoms with Crippen molar-refractivity contribution in [1.29, 1.82) is 0 Å². The number of carbonyl (C=O) groups excluding carboxylic acids is 1. The molecule has 0 bridgehead atoms. The molecule has 190 valence electrons. The quantitative estimate of drug-likeness (QED) is 0.613. The first-order valence-electron chi connectivity index (χ1n) is 12.2. The van der Waals surface area contributed by atoms with Gasteiger partial charge in [0.25, 0.3) is 5.91 Å². The number of aliphatic hydroxyl groups excluding tert-OH is 1. The Morgan fingerprint density at radius 1 is 1.06 bits per heavy atom. The molecule has 1 atom stereocenters. The molecule has 2 aromatic carbocycles. The van der Waals surface area contributed by atoms with E-state index in [-0.39, 0.29) is 35.2 Å². The maximum atomic E-state index is 14.8. The van der Waals surface area contributed by atoms with Crippen LogP contribution in [-0.2, 0) is 0 Å². The van der Waals surface area contributed by atoms with Crippen molar-refractivity contribution in [2.75, 3.05) is 39.3 Å². The molecule has 0 spiro atoms. The summed E-state index contributed by atoms with van der Waals surface area (Å²) < 4.78 is 49.1. The van der Waals surface area contributed by atoms with E-state index in [0.717, 1.165) is 32.0 Å². The number of piperidine rings is 1. The lowest BCUT2D eigenvalue weighted by Gasteiger charge is -2.34. The number of hydrogen-bond donors (Lipinski definition) is 1. The lowest BCUT2D eigenvalue weighted by Crippen LogP contribution is -2.41. The van der Waals surface area contributed by atoms with Gasteiger partial charge in [0.2, 0.25) is 0 Å². The zero-order valence-electron chi connectivity index (χ0n) is 20.3. The lowest BCUT2D eigenvalue weighted by atomic mass is 9.96. The molecule has 0 aromatic heterocycles. The van der Waals surface area contributed by atoms with E-state index < -0.39 is 23.4 Å². The smallest absolute Gasteiger partial charge is 0.254 e. The van der Waals surface area contributed by atoms with Crippen LogP contribution in [0.3, 0.4) is 0 Å². The Hall–Kier alpha value is -2.58. The number of nitrogens with zero attached hydrogens (tertiary/aromatic N) is 2. The van der Waals surface area contributed by atoms with Crippen molar-refractivity contribution in [3.63, 3.8) is 0 Å². The molecule has 0 saturated carbocycles. The molecular formula is C27H33F3N2O3. The number of rotatable bonds is 7. The molecule has 5 nitrogen and oxygen atoms in total. The van der Waals surface area contributed by atoms with Crippen molar-refractivity contribution >= 4 is 5.91 Å². The maximum Gasteiger partial charge on any atom is 0.254 e. The number of benzene rings is 2. The molecule has 2 aliphatic rings. The molecule has 0 unspecified atom stereocenters. The number of halogens is 3. The molecule has 2 saturated heterocycles. The Morgan fingerprint density at radius 2 is 1.80 bits per heavy atom. The van der Waals surface area contributed by atoms with Crippen LogP contribution in [0.1, 0.15) is 43.5 Å². The Morgan fingerprint density at radius 3 is 2.40 bits per heavy atom. The molecule has 35 heavy (non-hydrogen) atoms. The van der Waals surface area contributed by atoms with E-state index in [1.165, 1.54) is 29.2 Å². The minimum Gasteiger partial charge on any atom is -0.490 e. The van der Waals surface area contributed by atoms with E-state index in [1.807, 2.05) is 0 Å². The predicted octanol–water partition coefficient (Wildman–Crippen LogP) is 4.68. The third kappa shape index (κ3) is 6.55. The van der Waals surface area contributed by atoms with Crippen molar-refractivity contribution in [3.05, 3.63) is 53.6 Å². The van der Waals surface area contributed by atoms with Gasteiger partial charge in [-0.25, -0.2) is 13.2 Å². The van der Waals surface area contributed by atoms with E-state index in [9.17, 15) is 23.1 Å². The van der Waals surface area contributed by atoms with Crippen LogP contribution < -0.4 is 4.74 Å². The number of carbonyl (C=O) groups is 1. The fourth-order valence-corrected chi connectivity index (χ4v) is 4.83. The number of hydrogen-bond acceptors (Lipinski definition) is 4. The molecule has 2 fully saturated rings. The van der Waals surface area contributed by atoms with Gasteiger partial charge in [-0.3, -0.25) is 4.79 Å². The number of likely N-dealkylation sites (tertiary alicyclic amines) is 2. The monoisotopic (exact) mass is 490 g/mol. The van der Waals surface area contributed by atoms with Gasteiger partial charge < -0.3 is 19.6 Å². The second-order valence-corrected chi connectivity index (χ2v) is 10.3. The molecule has 2 aliphatic heterocycles. The molecule has 2 aromatic rings. The Balaban J connectivity index is 1.35. The van der Waals surface area contributed by atoms with Crippen LogP contribution in [0.2, 0.25) is 0 Å². The minimum absolute atomic E-state index is 0.112. The molecule has 4 rings (SSSR count). The Bertz CT molecular complexity index is 1050. The summed E-state index contributed by atoms with van der Waals surface area (Å²) in [7, 11) is 0. The van der Waals surface area contributed by atoms with Gasteiger partial charge in [0.1, 0.15) is 11.5 Å². The van der Waals surface area contributed by atoms with Gasteiger partial charge in [0, 0.05) is 30.8 Å². The highest BCUT2D eigenvalue weighted by Gasteiger charge is 2.27. The summed E-state index contributed by atoms with van der Waals surface area (Å²) >= 11 is 0. The summed E-state index contributed by atoms with van der Waals surface area (Å²) in [6.07, 6.45) is 1.69. The average molecular weight is 491 g/mol. The highest BCUT2D eigenvalue weighted by atomic mass is 19.1. The van der Waals surface area contributed by atoms with Gasteiger partial charge >= 0.3 is 0 Å². The van der Waals surface area contributed by atoms with Gasteiger partial charge in [-0.2, -0.15) is 0 Å². The fraction of sp³-hybridized carbons (Fsp3) is 0.519. The van der Waals surface area contributed by atoms with Crippen LogP contribution >= 0.6 is 0 Å². The number of alkyl halides is 1. The molecule has 0 aliphatic carbocycles. The number of amides is 1. The van der Waals surface area contributed by atoms with E-state index in [2.05, 4.69) is 4.90 Å². The molecule has 1 N–H and O–H groups in total. The summed E-state index contributed by atoms with van der Waals surface area (Å²) in [4.78, 5) is 16.1. The number of ether oxygens (including phenoxy) is 1. The topological polar surface area (TPSA) is 53.0 Å². The fourth-order valence-electron chi connectivity index (χ4n) is 4.83. The van der Waals surface area contributed by atoms with Crippen molar-refractivity contribution < 1.29 is 27.8 Å². The van der Waals surface area contributed by atoms with Crippen molar-refractivity contribution in [2.24, 2.45) is 5.92 Å². The third-order valence-corrected chi connectivity index (χ3v) is 6.69. The second-order valence-electron chi connectivity index (χ2n) is 10.3. The highest BCUT2D eigenvalue weighted by Crippen LogP contribution is 2.30. The van der Waals surface area contributed by atoms with Gasteiger partial charge in [-0.1, -0.05) is 12.1 Å². The Labute approximate surface area is 204 Å². The summed E-state index contributed by atoms with van der Waals surface area (Å²) in [6, 6.07) is 8.47.